The Morgan fingerprint density at radius 1 is 1.50 bits per heavy atom. The van der Waals surface area contributed by atoms with E-state index in [1.54, 1.807) is 0 Å². The third-order valence-corrected chi connectivity index (χ3v) is 3.05. The van der Waals surface area contributed by atoms with Crippen LogP contribution in [0.25, 0.3) is 0 Å². The molecule has 0 heterocycles. The molecule has 0 saturated heterocycles. The van der Waals surface area contributed by atoms with Crippen LogP contribution >= 0.6 is 0 Å². The molecule has 0 atom stereocenters. The van der Waals surface area contributed by atoms with Gasteiger partial charge >= 0.3 is 0 Å². The van der Waals surface area contributed by atoms with Gasteiger partial charge in [0.25, 0.3) is 0 Å². The number of amides is 1. The lowest BCUT2D eigenvalue weighted by atomic mass is 9.83. The van der Waals surface area contributed by atoms with E-state index in [1.807, 2.05) is 11.9 Å². The second kappa shape index (κ2) is 4.30. The lowest BCUT2D eigenvalue weighted by Gasteiger charge is -2.34. The van der Waals surface area contributed by atoms with Crippen molar-refractivity contribution >= 4 is 5.91 Å². The molecule has 0 aromatic carbocycles. The number of rotatable bonds is 4. The fourth-order valence-electron chi connectivity index (χ4n) is 1.75. The molecule has 0 bridgehead atoms. The average molecular weight is 198 g/mol. The summed E-state index contributed by atoms with van der Waals surface area (Å²) in [5, 5.41) is 0. The van der Waals surface area contributed by atoms with Gasteiger partial charge in [0.05, 0.1) is 0 Å². The Balaban J connectivity index is 2.40. The lowest BCUT2D eigenvalue weighted by Crippen LogP contribution is -2.43. The molecule has 0 aliphatic heterocycles. The standard InChI is InChI=1S/C11H22N2O/c1-11(2,7-12)8-13(3)10(14)9-5-4-6-9/h9H,4-8,12H2,1-3H3. The van der Waals surface area contributed by atoms with Gasteiger partial charge in [-0.3, -0.25) is 4.79 Å². The van der Waals surface area contributed by atoms with Crippen molar-refractivity contribution in [2.24, 2.45) is 17.1 Å². The van der Waals surface area contributed by atoms with Crippen molar-refractivity contribution in [2.45, 2.75) is 33.1 Å². The molecule has 0 aromatic heterocycles. The van der Waals surface area contributed by atoms with E-state index in [9.17, 15) is 4.79 Å². The number of carbonyl (C=O) groups is 1. The number of hydrogen-bond donors (Lipinski definition) is 1. The fourth-order valence-corrected chi connectivity index (χ4v) is 1.75. The van der Waals surface area contributed by atoms with Gasteiger partial charge in [0.1, 0.15) is 0 Å². The fraction of sp³-hybridized carbons (Fsp3) is 0.909. The first kappa shape index (κ1) is 11.5. The number of nitrogens with zero attached hydrogens (tertiary/aromatic N) is 1. The molecule has 0 radical (unpaired) electrons. The summed E-state index contributed by atoms with van der Waals surface area (Å²) in [6.45, 7) is 5.57. The third kappa shape index (κ3) is 2.71. The van der Waals surface area contributed by atoms with Gasteiger partial charge < -0.3 is 10.6 Å². The molecule has 2 N–H and O–H groups in total. The van der Waals surface area contributed by atoms with Crippen LogP contribution in [-0.2, 0) is 4.79 Å². The molecule has 82 valence electrons. The maximum atomic E-state index is 11.8. The summed E-state index contributed by atoms with van der Waals surface area (Å²) < 4.78 is 0. The Morgan fingerprint density at radius 2 is 2.07 bits per heavy atom. The summed E-state index contributed by atoms with van der Waals surface area (Å²) in [6.07, 6.45) is 3.36. The molecule has 1 aliphatic carbocycles. The van der Waals surface area contributed by atoms with Crippen LogP contribution in [0.15, 0.2) is 0 Å². The average Bonchev–Trinajstić information content (AvgIpc) is 2.00. The normalized spacial score (nSPS) is 17.7. The summed E-state index contributed by atoms with van der Waals surface area (Å²) in [5.74, 6) is 0.603. The second-order valence-electron chi connectivity index (χ2n) is 5.19. The molecule has 1 fully saturated rings. The Morgan fingerprint density at radius 3 is 2.43 bits per heavy atom. The van der Waals surface area contributed by atoms with Gasteiger partial charge in [0, 0.05) is 19.5 Å². The summed E-state index contributed by atoms with van der Waals surface area (Å²) in [6, 6.07) is 0. The minimum absolute atomic E-state index is 0.0359. The highest BCUT2D eigenvalue weighted by molar-refractivity contribution is 5.79. The predicted molar refractivity (Wildman–Crippen MR) is 57.8 cm³/mol. The van der Waals surface area contributed by atoms with E-state index in [2.05, 4.69) is 13.8 Å². The van der Waals surface area contributed by atoms with Gasteiger partial charge in [-0.15, -0.1) is 0 Å². The van der Waals surface area contributed by atoms with Crippen molar-refractivity contribution in [1.82, 2.24) is 4.90 Å². The second-order valence-corrected chi connectivity index (χ2v) is 5.19. The Kier molecular flexibility index (Phi) is 3.53. The van der Waals surface area contributed by atoms with Gasteiger partial charge in [-0.25, -0.2) is 0 Å². The molecule has 0 aromatic rings. The predicted octanol–water partition coefficient (Wildman–Crippen LogP) is 1.23. The van der Waals surface area contributed by atoms with E-state index in [-0.39, 0.29) is 5.41 Å². The molecular formula is C11H22N2O. The lowest BCUT2D eigenvalue weighted by molar-refractivity contribution is -0.138. The number of nitrogens with two attached hydrogens (primary N) is 1. The Bertz CT molecular complexity index is 209. The van der Waals surface area contributed by atoms with Crippen molar-refractivity contribution in [3.8, 4) is 0 Å². The molecule has 0 spiro atoms. The number of hydrogen-bond acceptors (Lipinski definition) is 2. The number of carbonyl (C=O) groups excluding carboxylic acids is 1. The molecule has 1 saturated carbocycles. The SMILES string of the molecule is CN(CC(C)(C)CN)C(=O)C1CCC1. The highest BCUT2D eigenvalue weighted by Crippen LogP contribution is 2.28. The first-order valence-electron chi connectivity index (χ1n) is 5.41. The summed E-state index contributed by atoms with van der Waals surface area (Å²) in [7, 11) is 1.89. The maximum absolute atomic E-state index is 11.8. The van der Waals surface area contributed by atoms with E-state index in [1.165, 1.54) is 6.42 Å². The van der Waals surface area contributed by atoms with Crippen LogP contribution in [-0.4, -0.2) is 30.9 Å². The summed E-state index contributed by atoms with van der Waals surface area (Å²) in [4.78, 5) is 13.6. The zero-order chi connectivity index (χ0) is 10.8. The summed E-state index contributed by atoms with van der Waals surface area (Å²) >= 11 is 0. The Labute approximate surface area is 86.6 Å². The van der Waals surface area contributed by atoms with E-state index in [0.717, 1.165) is 19.4 Å². The van der Waals surface area contributed by atoms with Crippen molar-refractivity contribution < 1.29 is 4.79 Å². The van der Waals surface area contributed by atoms with Crippen LogP contribution in [0, 0.1) is 11.3 Å². The molecule has 1 amide bonds. The van der Waals surface area contributed by atoms with Gasteiger partial charge in [-0.1, -0.05) is 20.3 Å². The van der Waals surface area contributed by atoms with E-state index in [0.29, 0.717) is 18.4 Å². The Hall–Kier alpha value is -0.570. The first-order valence-corrected chi connectivity index (χ1v) is 5.41. The van der Waals surface area contributed by atoms with E-state index in [4.69, 9.17) is 5.73 Å². The minimum atomic E-state index is 0.0359. The first-order chi connectivity index (χ1) is 6.46. The van der Waals surface area contributed by atoms with Crippen molar-refractivity contribution in [3.05, 3.63) is 0 Å². The van der Waals surface area contributed by atoms with Gasteiger partial charge in [0.2, 0.25) is 5.91 Å². The van der Waals surface area contributed by atoms with Crippen LogP contribution in [0.3, 0.4) is 0 Å². The molecule has 1 aliphatic rings. The van der Waals surface area contributed by atoms with Crippen LogP contribution in [0.5, 0.6) is 0 Å². The molecule has 1 rings (SSSR count). The zero-order valence-corrected chi connectivity index (χ0v) is 9.55. The van der Waals surface area contributed by atoms with Crippen LogP contribution < -0.4 is 5.73 Å². The molecule has 3 nitrogen and oxygen atoms in total. The van der Waals surface area contributed by atoms with Crippen molar-refractivity contribution in [3.63, 3.8) is 0 Å². The molecule has 14 heavy (non-hydrogen) atoms. The summed E-state index contributed by atoms with van der Waals surface area (Å²) in [5.41, 5.74) is 5.68. The monoisotopic (exact) mass is 198 g/mol. The van der Waals surface area contributed by atoms with Crippen molar-refractivity contribution in [1.29, 1.82) is 0 Å². The highest BCUT2D eigenvalue weighted by Gasteiger charge is 2.30. The highest BCUT2D eigenvalue weighted by atomic mass is 16.2. The van der Waals surface area contributed by atoms with Crippen LogP contribution in [0.2, 0.25) is 0 Å². The smallest absolute Gasteiger partial charge is 0.225 e. The minimum Gasteiger partial charge on any atom is -0.345 e. The van der Waals surface area contributed by atoms with Gasteiger partial charge in [0.15, 0.2) is 0 Å². The van der Waals surface area contributed by atoms with Gasteiger partial charge in [-0.05, 0) is 24.8 Å². The molecule has 3 heteroatoms. The van der Waals surface area contributed by atoms with Gasteiger partial charge in [-0.2, -0.15) is 0 Å². The molecule has 0 unspecified atom stereocenters. The quantitative estimate of drug-likeness (QED) is 0.738. The third-order valence-electron chi connectivity index (χ3n) is 3.05. The largest absolute Gasteiger partial charge is 0.345 e. The zero-order valence-electron chi connectivity index (χ0n) is 9.55. The van der Waals surface area contributed by atoms with Crippen LogP contribution in [0.4, 0.5) is 0 Å². The van der Waals surface area contributed by atoms with E-state index >= 15 is 0 Å². The topological polar surface area (TPSA) is 46.3 Å². The van der Waals surface area contributed by atoms with E-state index < -0.39 is 0 Å². The molecular weight excluding hydrogens is 176 g/mol. The maximum Gasteiger partial charge on any atom is 0.225 e. The van der Waals surface area contributed by atoms with Crippen molar-refractivity contribution in [2.75, 3.05) is 20.1 Å². The van der Waals surface area contributed by atoms with Crippen LogP contribution in [0.1, 0.15) is 33.1 Å².